The maximum atomic E-state index is 6.07. The van der Waals surface area contributed by atoms with Gasteiger partial charge in [0.25, 0.3) is 0 Å². The first-order chi connectivity index (χ1) is 10.5. The van der Waals surface area contributed by atoms with E-state index < -0.39 is 0 Å². The summed E-state index contributed by atoms with van der Waals surface area (Å²) in [5, 5.41) is 3.76. The lowest BCUT2D eigenvalue weighted by molar-refractivity contribution is 0.693. The number of nitrogens with one attached hydrogen (secondary N) is 1. The van der Waals surface area contributed by atoms with Crippen molar-refractivity contribution in [3.63, 3.8) is 0 Å². The minimum Gasteiger partial charge on any atom is -0.352 e. The van der Waals surface area contributed by atoms with Crippen LogP contribution in [0.25, 0.3) is 0 Å². The van der Waals surface area contributed by atoms with Gasteiger partial charge in [-0.1, -0.05) is 79.3 Å². The lowest BCUT2D eigenvalue weighted by Crippen LogP contribution is -2.31. The van der Waals surface area contributed by atoms with E-state index in [2.05, 4.69) is 24.4 Å². The summed E-state index contributed by atoms with van der Waals surface area (Å²) in [6.07, 6.45) is -0.362. The van der Waals surface area contributed by atoms with Crippen LogP contribution in [-0.4, -0.2) is 4.32 Å². The van der Waals surface area contributed by atoms with Crippen molar-refractivity contribution < 1.29 is 0 Å². The van der Waals surface area contributed by atoms with Crippen molar-refractivity contribution in [2.45, 2.75) is 31.8 Å². The molecule has 0 saturated heterocycles. The molecular formula is C17H21ClN2S2. The van der Waals surface area contributed by atoms with Gasteiger partial charge in [-0.25, -0.2) is 0 Å². The monoisotopic (exact) mass is 352 g/mol. The molecule has 2 rings (SSSR count). The number of thiocarbonyl (C=S) groups is 1. The summed E-state index contributed by atoms with van der Waals surface area (Å²) in [6, 6.07) is 15.6. The fourth-order valence-electron chi connectivity index (χ4n) is 1.65. The number of hydrogen-bond donors (Lipinski definition) is 2. The van der Waals surface area contributed by atoms with Gasteiger partial charge in [0.2, 0.25) is 0 Å². The number of rotatable bonds is 3. The number of halogens is 1. The molecule has 22 heavy (non-hydrogen) atoms. The van der Waals surface area contributed by atoms with E-state index >= 15 is 0 Å². The molecule has 0 aliphatic rings. The number of nitrogens with two attached hydrogens (primary N) is 1. The predicted molar refractivity (Wildman–Crippen MR) is 102 cm³/mol. The van der Waals surface area contributed by atoms with E-state index in [0.717, 1.165) is 10.5 Å². The molecule has 0 aromatic heterocycles. The minimum absolute atomic E-state index is 0.362. The van der Waals surface area contributed by atoms with E-state index in [1.807, 2.05) is 50.2 Å². The summed E-state index contributed by atoms with van der Waals surface area (Å²) < 4.78 is 0.640. The Kier molecular flexibility index (Phi) is 8.49. The Morgan fingerprint density at radius 1 is 1.18 bits per heavy atom. The van der Waals surface area contributed by atoms with Crippen LogP contribution in [0.1, 0.15) is 31.1 Å². The van der Waals surface area contributed by atoms with E-state index in [1.165, 1.54) is 17.3 Å². The number of hydrogen-bond acceptors (Lipinski definition) is 3. The molecule has 0 heterocycles. The van der Waals surface area contributed by atoms with Crippen molar-refractivity contribution in [1.82, 2.24) is 5.32 Å². The maximum absolute atomic E-state index is 6.07. The van der Waals surface area contributed by atoms with Gasteiger partial charge in [-0.2, -0.15) is 0 Å². The third-order valence-corrected chi connectivity index (χ3v) is 4.13. The van der Waals surface area contributed by atoms with Crippen LogP contribution < -0.4 is 11.1 Å². The molecule has 1 unspecified atom stereocenters. The van der Waals surface area contributed by atoms with Gasteiger partial charge in [0, 0.05) is 9.92 Å². The first-order valence-electron chi connectivity index (χ1n) is 7.10. The van der Waals surface area contributed by atoms with Crippen LogP contribution >= 0.6 is 35.6 Å². The van der Waals surface area contributed by atoms with E-state index in [0.29, 0.717) is 9.34 Å². The van der Waals surface area contributed by atoms with Gasteiger partial charge in [0.15, 0.2) is 0 Å². The van der Waals surface area contributed by atoms with Gasteiger partial charge < -0.3 is 11.1 Å². The van der Waals surface area contributed by atoms with Crippen molar-refractivity contribution in [1.29, 1.82) is 0 Å². The Bertz CT molecular complexity index is 600. The smallest absolute Gasteiger partial charge is 0.140 e. The highest BCUT2D eigenvalue weighted by Gasteiger charge is 2.08. The summed E-state index contributed by atoms with van der Waals surface area (Å²) in [6.45, 7) is 6.06. The molecule has 118 valence electrons. The largest absolute Gasteiger partial charge is 0.352 e. The van der Waals surface area contributed by atoms with Crippen LogP contribution in [0.3, 0.4) is 0 Å². The van der Waals surface area contributed by atoms with Crippen LogP contribution in [0.5, 0.6) is 0 Å². The molecule has 0 fully saturated rings. The summed E-state index contributed by atoms with van der Waals surface area (Å²) in [5.74, 6) is 0. The highest BCUT2D eigenvalue weighted by atomic mass is 35.5. The molecule has 3 N–H and O–H groups in total. The number of benzene rings is 2. The zero-order chi connectivity index (χ0) is 16.5. The normalized spacial score (nSPS) is 11.1. The zero-order valence-electron chi connectivity index (χ0n) is 13.0. The highest BCUT2D eigenvalue weighted by molar-refractivity contribution is 8.23. The van der Waals surface area contributed by atoms with E-state index in [9.17, 15) is 0 Å². The molecule has 0 amide bonds. The van der Waals surface area contributed by atoms with Crippen LogP contribution in [0.2, 0.25) is 5.02 Å². The van der Waals surface area contributed by atoms with Crippen LogP contribution in [-0.2, 0) is 0 Å². The van der Waals surface area contributed by atoms with Crippen molar-refractivity contribution in [3.05, 3.63) is 64.7 Å². The Labute approximate surface area is 147 Å². The molecule has 0 spiro atoms. The summed E-state index contributed by atoms with van der Waals surface area (Å²) in [5.41, 5.74) is 8.20. The lowest BCUT2D eigenvalue weighted by atomic mass is 10.2. The van der Waals surface area contributed by atoms with Gasteiger partial charge in [0.05, 0.1) is 0 Å². The minimum atomic E-state index is -0.362. The Morgan fingerprint density at radius 3 is 2.41 bits per heavy atom. The van der Waals surface area contributed by atoms with Crippen molar-refractivity contribution in [2.24, 2.45) is 5.73 Å². The quantitative estimate of drug-likeness (QED) is 0.446. The topological polar surface area (TPSA) is 38.0 Å². The van der Waals surface area contributed by atoms with Crippen molar-refractivity contribution in [3.8, 4) is 0 Å². The summed E-state index contributed by atoms with van der Waals surface area (Å²) in [7, 11) is 0. The molecular weight excluding hydrogens is 332 g/mol. The average Bonchev–Trinajstić information content (AvgIpc) is 2.51. The van der Waals surface area contributed by atoms with Gasteiger partial charge in [0.1, 0.15) is 10.5 Å². The fourth-order valence-corrected chi connectivity index (χ4v) is 2.94. The van der Waals surface area contributed by atoms with E-state index in [4.69, 9.17) is 29.6 Å². The second-order valence-corrected chi connectivity index (χ2v) is 6.57. The lowest BCUT2D eigenvalue weighted by Gasteiger charge is -2.16. The maximum Gasteiger partial charge on any atom is 0.140 e. The second kappa shape index (κ2) is 9.85. The molecule has 0 aliphatic carbocycles. The molecule has 0 aliphatic heterocycles. The molecule has 0 radical (unpaired) electrons. The summed E-state index contributed by atoms with van der Waals surface area (Å²) in [4.78, 5) is 1.09. The third kappa shape index (κ3) is 6.36. The van der Waals surface area contributed by atoms with Gasteiger partial charge >= 0.3 is 0 Å². The Morgan fingerprint density at radius 2 is 1.82 bits per heavy atom. The van der Waals surface area contributed by atoms with Crippen LogP contribution in [0, 0.1) is 6.92 Å². The molecule has 2 aromatic rings. The zero-order valence-corrected chi connectivity index (χ0v) is 15.4. The van der Waals surface area contributed by atoms with Crippen molar-refractivity contribution in [2.75, 3.05) is 0 Å². The Hall–Kier alpha value is -1.07. The first kappa shape index (κ1) is 19.0. The third-order valence-electron chi connectivity index (χ3n) is 2.71. The second-order valence-electron chi connectivity index (χ2n) is 4.38. The molecule has 2 nitrogen and oxygen atoms in total. The average molecular weight is 353 g/mol. The van der Waals surface area contributed by atoms with Gasteiger partial charge in [-0.05, 0) is 36.8 Å². The predicted octanol–water partition coefficient (Wildman–Crippen LogP) is 5.30. The first-order valence-corrected chi connectivity index (χ1v) is 8.71. The molecule has 5 heteroatoms. The molecule has 1 atom stereocenters. The van der Waals surface area contributed by atoms with E-state index in [1.54, 1.807) is 0 Å². The molecule has 0 saturated carbocycles. The van der Waals surface area contributed by atoms with E-state index in [-0.39, 0.29) is 6.17 Å². The fraction of sp³-hybridized carbons (Fsp3) is 0.235. The highest BCUT2D eigenvalue weighted by Crippen LogP contribution is 2.21. The van der Waals surface area contributed by atoms with Gasteiger partial charge in [-0.3, -0.25) is 0 Å². The van der Waals surface area contributed by atoms with Crippen LogP contribution in [0.15, 0.2) is 53.4 Å². The van der Waals surface area contributed by atoms with Crippen LogP contribution in [0.4, 0.5) is 0 Å². The van der Waals surface area contributed by atoms with Crippen molar-refractivity contribution >= 4 is 39.9 Å². The standard InChI is InChI=1S/C15H15ClN2S2.C2H6/c1-10-5-7-13(8-6-10)20-15(19)18-14(17)11-3-2-4-12(16)9-11;1-2/h2-9,14H,17H2,1H3,(H,18,19);1-2H3. The van der Waals surface area contributed by atoms with Gasteiger partial charge in [-0.15, -0.1) is 0 Å². The molecule has 2 aromatic carbocycles. The number of aryl methyl sites for hydroxylation is 1. The Balaban J connectivity index is 0.00000116. The summed E-state index contributed by atoms with van der Waals surface area (Å²) >= 11 is 12.8. The molecule has 0 bridgehead atoms. The SMILES string of the molecule is CC.Cc1ccc(SC(=S)NC(N)c2cccc(Cl)c2)cc1. The number of thioether (sulfide) groups is 1.